The van der Waals surface area contributed by atoms with Crippen LogP contribution in [0.4, 0.5) is 0 Å². The predicted octanol–water partition coefficient (Wildman–Crippen LogP) is 3.31. The van der Waals surface area contributed by atoms with Crippen molar-refractivity contribution in [3.05, 3.63) is 59.7 Å². The van der Waals surface area contributed by atoms with E-state index in [0.29, 0.717) is 13.1 Å². The first kappa shape index (κ1) is 20.1. The summed E-state index contributed by atoms with van der Waals surface area (Å²) in [6.07, 6.45) is 3.65. The number of carbonyl (C=O) groups is 1. The molecule has 154 valence electrons. The van der Waals surface area contributed by atoms with E-state index in [0.717, 1.165) is 19.3 Å². The molecular formula is C23H28N2O3S. The van der Waals surface area contributed by atoms with Crippen molar-refractivity contribution in [1.82, 2.24) is 9.62 Å². The van der Waals surface area contributed by atoms with Gasteiger partial charge in [0.05, 0.1) is 6.26 Å². The molecule has 0 bridgehead atoms. The molecule has 3 unspecified atom stereocenters. The van der Waals surface area contributed by atoms with Crippen LogP contribution in [-0.4, -0.2) is 44.6 Å². The number of hydrogen-bond acceptors (Lipinski definition) is 3. The fraction of sp³-hybridized carbons (Fsp3) is 0.435. The summed E-state index contributed by atoms with van der Waals surface area (Å²) in [6.45, 7) is 3.27. The number of piperidine rings is 1. The highest BCUT2D eigenvalue weighted by Crippen LogP contribution is 2.51. The number of rotatable bonds is 5. The third kappa shape index (κ3) is 4.70. The summed E-state index contributed by atoms with van der Waals surface area (Å²) < 4.78 is 25.7. The molecule has 0 aromatic heterocycles. The highest BCUT2D eigenvalue weighted by molar-refractivity contribution is 7.88. The molecule has 1 N–H and O–H groups in total. The maximum absolute atomic E-state index is 13.1. The summed E-state index contributed by atoms with van der Waals surface area (Å²) in [5.74, 6) is 0.397. The standard InChI is InChI=1S/C23H28N2O3S/c1-16-10-11-19(20(13-16)17-7-4-3-5-8-17)21-14-22(21)23(26)25-12-6-9-18(15-25)24-29(2,27)28/h3-5,7-8,10-11,13,18,21-22,24H,6,9,12,14-15H2,1-2H3. The average molecular weight is 413 g/mol. The van der Waals surface area contributed by atoms with Crippen LogP contribution in [0.3, 0.4) is 0 Å². The Bertz CT molecular complexity index is 1000. The van der Waals surface area contributed by atoms with Gasteiger partial charge in [0.1, 0.15) is 0 Å². The molecule has 1 aliphatic heterocycles. The van der Waals surface area contributed by atoms with Crippen molar-refractivity contribution in [1.29, 1.82) is 0 Å². The Morgan fingerprint density at radius 3 is 2.62 bits per heavy atom. The zero-order valence-electron chi connectivity index (χ0n) is 17.0. The molecule has 0 spiro atoms. The lowest BCUT2D eigenvalue weighted by molar-refractivity contribution is -0.133. The van der Waals surface area contributed by atoms with Crippen LogP contribution in [0.5, 0.6) is 0 Å². The number of amides is 1. The first-order valence-corrected chi connectivity index (χ1v) is 12.1. The van der Waals surface area contributed by atoms with Crippen LogP contribution in [0.2, 0.25) is 0 Å². The lowest BCUT2D eigenvalue weighted by atomic mass is 9.94. The van der Waals surface area contributed by atoms with Gasteiger partial charge in [-0.25, -0.2) is 13.1 Å². The van der Waals surface area contributed by atoms with Gasteiger partial charge in [0.15, 0.2) is 0 Å². The number of carbonyl (C=O) groups excluding carboxylic acids is 1. The van der Waals surface area contributed by atoms with Gasteiger partial charge in [0.2, 0.25) is 15.9 Å². The van der Waals surface area contributed by atoms with E-state index in [9.17, 15) is 13.2 Å². The number of nitrogens with zero attached hydrogens (tertiary/aromatic N) is 1. The molecule has 4 rings (SSSR count). The van der Waals surface area contributed by atoms with E-state index in [2.05, 4.69) is 42.0 Å². The van der Waals surface area contributed by atoms with Crippen LogP contribution >= 0.6 is 0 Å². The van der Waals surface area contributed by atoms with E-state index in [-0.39, 0.29) is 23.8 Å². The first-order valence-electron chi connectivity index (χ1n) is 10.2. The smallest absolute Gasteiger partial charge is 0.226 e. The fourth-order valence-electron chi connectivity index (χ4n) is 4.48. The molecule has 29 heavy (non-hydrogen) atoms. The Labute approximate surface area is 173 Å². The van der Waals surface area contributed by atoms with Crippen molar-refractivity contribution >= 4 is 15.9 Å². The van der Waals surface area contributed by atoms with Crippen LogP contribution in [0.15, 0.2) is 48.5 Å². The number of hydrogen-bond donors (Lipinski definition) is 1. The predicted molar refractivity (Wildman–Crippen MR) is 115 cm³/mol. The third-order valence-electron chi connectivity index (χ3n) is 5.91. The Morgan fingerprint density at radius 1 is 1.14 bits per heavy atom. The summed E-state index contributed by atoms with van der Waals surface area (Å²) in [5.41, 5.74) is 4.84. The molecule has 1 heterocycles. The van der Waals surface area contributed by atoms with Gasteiger partial charge < -0.3 is 4.90 Å². The molecule has 2 fully saturated rings. The van der Waals surface area contributed by atoms with Crippen molar-refractivity contribution < 1.29 is 13.2 Å². The van der Waals surface area contributed by atoms with Crippen LogP contribution < -0.4 is 4.72 Å². The Kier molecular flexibility index (Phi) is 5.49. The third-order valence-corrected chi connectivity index (χ3v) is 6.68. The van der Waals surface area contributed by atoms with Crippen molar-refractivity contribution in [3.8, 4) is 11.1 Å². The minimum Gasteiger partial charge on any atom is -0.341 e. The lowest BCUT2D eigenvalue weighted by Crippen LogP contribution is -2.49. The van der Waals surface area contributed by atoms with E-state index >= 15 is 0 Å². The second kappa shape index (κ2) is 7.92. The highest BCUT2D eigenvalue weighted by atomic mass is 32.2. The Hall–Kier alpha value is -2.18. The molecule has 2 aromatic rings. The van der Waals surface area contributed by atoms with Crippen molar-refractivity contribution in [2.24, 2.45) is 5.92 Å². The minimum absolute atomic E-state index is 0.00264. The molecule has 0 radical (unpaired) electrons. The van der Waals surface area contributed by atoms with Gasteiger partial charge in [-0.15, -0.1) is 0 Å². The highest BCUT2D eigenvalue weighted by Gasteiger charge is 2.47. The second-order valence-electron chi connectivity index (χ2n) is 8.42. The summed E-state index contributed by atoms with van der Waals surface area (Å²) in [7, 11) is -3.26. The number of benzene rings is 2. The summed E-state index contributed by atoms with van der Waals surface area (Å²) in [5, 5.41) is 0. The summed E-state index contributed by atoms with van der Waals surface area (Å²) >= 11 is 0. The lowest BCUT2D eigenvalue weighted by Gasteiger charge is -2.33. The quantitative estimate of drug-likeness (QED) is 0.819. The Balaban J connectivity index is 1.50. The van der Waals surface area contributed by atoms with Gasteiger partial charge in [-0.2, -0.15) is 0 Å². The molecule has 1 saturated carbocycles. The topological polar surface area (TPSA) is 66.5 Å². The van der Waals surface area contributed by atoms with Gasteiger partial charge in [0.25, 0.3) is 0 Å². The average Bonchev–Trinajstić information content (AvgIpc) is 3.47. The zero-order valence-corrected chi connectivity index (χ0v) is 17.8. The molecular weight excluding hydrogens is 384 g/mol. The number of likely N-dealkylation sites (tertiary alicyclic amines) is 1. The van der Waals surface area contributed by atoms with Crippen LogP contribution in [0, 0.1) is 12.8 Å². The molecule has 5 nitrogen and oxygen atoms in total. The first-order chi connectivity index (χ1) is 13.8. The molecule has 3 atom stereocenters. The van der Waals surface area contributed by atoms with E-state index in [1.54, 1.807) is 0 Å². The minimum atomic E-state index is -3.26. The van der Waals surface area contributed by atoms with Crippen LogP contribution in [-0.2, 0) is 14.8 Å². The van der Waals surface area contributed by atoms with Crippen LogP contribution in [0.1, 0.15) is 36.3 Å². The SMILES string of the molecule is Cc1ccc(C2CC2C(=O)N2CCCC(NS(C)(=O)=O)C2)c(-c2ccccc2)c1. The molecule has 1 saturated heterocycles. The monoisotopic (exact) mass is 412 g/mol. The molecule has 6 heteroatoms. The van der Waals surface area contributed by atoms with Crippen molar-refractivity contribution in [2.75, 3.05) is 19.3 Å². The maximum atomic E-state index is 13.1. The van der Waals surface area contributed by atoms with Gasteiger partial charge >= 0.3 is 0 Å². The van der Waals surface area contributed by atoms with E-state index < -0.39 is 10.0 Å². The maximum Gasteiger partial charge on any atom is 0.226 e. The fourth-order valence-corrected chi connectivity index (χ4v) is 5.28. The van der Waals surface area contributed by atoms with Gasteiger partial charge in [-0.05, 0) is 48.8 Å². The van der Waals surface area contributed by atoms with Crippen LogP contribution in [0.25, 0.3) is 11.1 Å². The second-order valence-corrected chi connectivity index (χ2v) is 10.2. The summed E-state index contributed by atoms with van der Waals surface area (Å²) in [4.78, 5) is 15.0. The van der Waals surface area contributed by atoms with E-state index in [4.69, 9.17) is 0 Å². The largest absolute Gasteiger partial charge is 0.341 e. The van der Waals surface area contributed by atoms with Crippen molar-refractivity contribution in [3.63, 3.8) is 0 Å². The summed E-state index contributed by atoms with van der Waals surface area (Å²) in [6, 6.07) is 16.6. The number of aryl methyl sites for hydroxylation is 1. The molecule has 2 aromatic carbocycles. The molecule has 2 aliphatic rings. The van der Waals surface area contributed by atoms with Gasteiger partial charge in [0, 0.05) is 25.0 Å². The van der Waals surface area contributed by atoms with E-state index in [1.807, 2.05) is 23.1 Å². The molecule has 1 aliphatic carbocycles. The Morgan fingerprint density at radius 2 is 1.90 bits per heavy atom. The van der Waals surface area contributed by atoms with Crippen molar-refractivity contribution in [2.45, 2.75) is 38.1 Å². The number of nitrogens with one attached hydrogen (secondary N) is 1. The van der Waals surface area contributed by atoms with Gasteiger partial charge in [-0.1, -0.05) is 54.1 Å². The molecule has 1 amide bonds. The normalized spacial score (nSPS) is 24.3. The van der Waals surface area contributed by atoms with E-state index in [1.165, 1.54) is 28.5 Å². The zero-order chi connectivity index (χ0) is 20.6. The number of sulfonamides is 1. The van der Waals surface area contributed by atoms with Gasteiger partial charge in [-0.3, -0.25) is 4.79 Å².